The fraction of sp³-hybridized carbons (Fsp3) is 0.0741. The first-order valence-corrected chi connectivity index (χ1v) is 10.0. The Kier molecular flexibility index (Phi) is 6.29. The number of para-hydroxylation sites is 1. The van der Waals surface area contributed by atoms with Gasteiger partial charge in [0, 0.05) is 23.3 Å². The van der Waals surface area contributed by atoms with E-state index in [1.165, 1.54) is 0 Å². The van der Waals surface area contributed by atoms with Crippen molar-refractivity contribution in [2.24, 2.45) is 4.99 Å². The first-order chi connectivity index (χ1) is 15.3. The summed E-state index contributed by atoms with van der Waals surface area (Å²) in [5.74, 6) is 1.65. The molecule has 0 aromatic heterocycles. The van der Waals surface area contributed by atoms with Gasteiger partial charge < -0.3 is 14.4 Å². The minimum atomic E-state index is 0.825. The third-order valence-corrected chi connectivity index (χ3v) is 4.93. The molecule has 0 fully saturated rings. The number of hydrogen-bond donors (Lipinski definition) is 0. The Labute approximate surface area is 183 Å². The second-order valence-corrected chi connectivity index (χ2v) is 6.92. The predicted molar refractivity (Wildman–Crippen MR) is 128 cm³/mol. The first kappa shape index (κ1) is 20.2. The van der Waals surface area contributed by atoms with Crippen LogP contribution in [0.4, 0.5) is 22.7 Å². The van der Waals surface area contributed by atoms with Gasteiger partial charge in [0.1, 0.15) is 11.5 Å². The lowest BCUT2D eigenvalue weighted by Crippen LogP contribution is -2.09. The molecule has 4 aromatic carbocycles. The normalized spacial score (nSPS) is 10.8. The van der Waals surface area contributed by atoms with Crippen molar-refractivity contribution in [3.05, 3.63) is 109 Å². The monoisotopic (exact) mass is 408 g/mol. The first-order valence-electron chi connectivity index (χ1n) is 10.0. The Hall–Kier alpha value is -4.05. The van der Waals surface area contributed by atoms with Crippen molar-refractivity contribution in [3.8, 4) is 11.5 Å². The van der Waals surface area contributed by atoms with Gasteiger partial charge in [0.05, 0.1) is 19.9 Å². The number of anilines is 3. The molecule has 0 radical (unpaired) electrons. The molecule has 0 spiro atoms. The molecule has 4 heteroatoms. The van der Waals surface area contributed by atoms with Crippen LogP contribution < -0.4 is 14.4 Å². The van der Waals surface area contributed by atoms with Crippen LogP contribution in [0.25, 0.3) is 0 Å². The topological polar surface area (TPSA) is 34.1 Å². The molecule has 31 heavy (non-hydrogen) atoms. The summed E-state index contributed by atoms with van der Waals surface area (Å²) in [6, 6.07) is 34.3. The Bertz CT molecular complexity index is 1070. The van der Waals surface area contributed by atoms with Crippen LogP contribution in [0, 0.1) is 0 Å². The molecule has 4 aromatic rings. The summed E-state index contributed by atoms with van der Waals surface area (Å²) < 4.78 is 10.6. The van der Waals surface area contributed by atoms with Crippen LogP contribution in [-0.4, -0.2) is 20.4 Å². The molecule has 0 N–H and O–H groups in total. The van der Waals surface area contributed by atoms with E-state index in [2.05, 4.69) is 34.2 Å². The molecule has 0 atom stereocenters. The number of rotatable bonds is 7. The minimum absolute atomic E-state index is 0.825. The van der Waals surface area contributed by atoms with Gasteiger partial charge in [0.2, 0.25) is 0 Å². The summed E-state index contributed by atoms with van der Waals surface area (Å²) in [5.41, 5.74) is 5.10. The molecule has 4 rings (SSSR count). The Morgan fingerprint density at radius 2 is 1.03 bits per heavy atom. The Balaban J connectivity index is 1.66. The second kappa shape index (κ2) is 9.63. The quantitative estimate of drug-likeness (QED) is 0.311. The zero-order valence-corrected chi connectivity index (χ0v) is 17.6. The molecular formula is C27H24N2O2. The maximum Gasteiger partial charge on any atom is 0.119 e. The number of nitrogens with zero attached hydrogens (tertiary/aromatic N) is 2. The fourth-order valence-electron chi connectivity index (χ4n) is 3.28. The molecule has 0 aliphatic heterocycles. The lowest BCUT2D eigenvalue weighted by atomic mass is 10.1. The third-order valence-electron chi connectivity index (χ3n) is 4.93. The van der Waals surface area contributed by atoms with E-state index in [0.717, 1.165) is 39.8 Å². The zero-order chi connectivity index (χ0) is 21.5. The van der Waals surface area contributed by atoms with Crippen molar-refractivity contribution in [1.82, 2.24) is 0 Å². The molecule has 0 unspecified atom stereocenters. The van der Waals surface area contributed by atoms with Crippen LogP contribution >= 0.6 is 0 Å². The van der Waals surface area contributed by atoms with E-state index in [1.54, 1.807) is 14.2 Å². The fourth-order valence-corrected chi connectivity index (χ4v) is 3.28. The van der Waals surface area contributed by atoms with Gasteiger partial charge in [-0.3, -0.25) is 4.99 Å². The van der Waals surface area contributed by atoms with Gasteiger partial charge in [0.15, 0.2) is 0 Å². The van der Waals surface area contributed by atoms with Crippen molar-refractivity contribution in [1.29, 1.82) is 0 Å². The predicted octanol–water partition coefficient (Wildman–Crippen LogP) is 6.92. The van der Waals surface area contributed by atoms with Crippen molar-refractivity contribution < 1.29 is 9.47 Å². The van der Waals surface area contributed by atoms with E-state index in [0.29, 0.717) is 0 Å². The highest BCUT2D eigenvalue weighted by molar-refractivity contribution is 5.84. The summed E-state index contributed by atoms with van der Waals surface area (Å²) in [6.45, 7) is 0. The summed E-state index contributed by atoms with van der Waals surface area (Å²) in [4.78, 5) is 6.73. The van der Waals surface area contributed by atoms with E-state index < -0.39 is 0 Å². The lowest BCUT2D eigenvalue weighted by Gasteiger charge is -2.25. The van der Waals surface area contributed by atoms with Gasteiger partial charge in [-0.1, -0.05) is 30.3 Å². The number of aliphatic imine (C=N–C) groups is 1. The van der Waals surface area contributed by atoms with Gasteiger partial charge in [-0.15, -0.1) is 0 Å². The van der Waals surface area contributed by atoms with E-state index in [9.17, 15) is 0 Å². The van der Waals surface area contributed by atoms with E-state index in [-0.39, 0.29) is 0 Å². The average molecular weight is 409 g/mol. The maximum absolute atomic E-state index is 5.32. The average Bonchev–Trinajstić information content (AvgIpc) is 2.85. The molecule has 0 aliphatic carbocycles. The third kappa shape index (κ3) is 4.93. The molecule has 0 bridgehead atoms. The van der Waals surface area contributed by atoms with Gasteiger partial charge in [-0.05, 0) is 78.4 Å². The summed E-state index contributed by atoms with van der Waals surface area (Å²) in [6.07, 6.45) is 1.88. The van der Waals surface area contributed by atoms with E-state index in [1.807, 2.05) is 85.1 Å². The van der Waals surface area contributed by atoms with Gasteiger partial charge >= 0.3 is 0 Å². The van der Waals surface area contributed by atoms with Crippen LogP contribution in [-0.2, 0) is 0 Å². The van der Waals surface area contributed by atoms with Gasteiger partial charge in [0.25, 0.3) is 0 Å². The molecule has 4 nitrogen and oxygen atoms in total. The SMILES string of the molecule is COc1ccc(N(c2ccc(C=Nc3ccccc3)cc2)c2ccc(OC)cc2)cc1. The van der Waals surface area contributed by atoms with Gasteiger partial charge in [-0.2, -0.15) is 0 Å². The van der Waals surface area contributed by atoms with E-state index in [4.69, 9.17) is 9.47 Å². The molecular weight excluding hydrogens is 384 g/mol. The van der Waals surface area contributed by atoms with Crippen LogP contribution in [0.15, 0.2) is 108 Å². The number of methoxy groups -OCH3 is 2. The van der Waals surface area contributed by atoms with Crippen LogP contribution in [0.5, 0.6) is 11.5 Å². The van der Waals surface area contributed by atoms with Crippen LogP contribution in [0.3, 0.4) is 0 Å². The van der Waals surface area contributed by atoms with Crippen molar-refractivity contribution in [2.45, 2.75) is 0 Å². The van der Waals surface area contributed by atoms with Crippen molar-refractivity contribution >= 4 is 29.0 Å². The highest BCUT2D eigenvalue weighted by atomic mass is 16.5. The van der Waals surface area contributed by atoms with Crippen molar-refractivity contribution in [2.75, 3.05) is 19.1 Å². The lowest BCUT2D eigenvalue weighted by molar-refractivity contribution is 0.415. The maximum atomic E-state index is 5.32. The second-order valence-electron chi connectivity index (χ2n) is 6.92. The van der Waals surface area contributed by atoms with Crippen molar-refractivity contribution in [3.63, 3.8) is 0 Å². The van der Waals surface area contributed by atoms with Crippen LogP contribution in [0.2, 0.25) is 0 Å². The number of ether oxygens (including phenoxy) is 2. The van der Waals surface area contributed by atoms with Crippen LogP contribution in [0.1, 0.15) is 5.56 Å². The van der Waals surface area contributed by atoms with Gasteiger partial charge in [-0.25, -0.2) is 0 Å². The smallest absolute Gasteiger partial charge is 0.119 e. The highest BCUT2D eigenvalue weighted by Crippen LogP contribution is 2.36. The molecule has 0 saturated carbocycles. The Morgan fingerprint density at radius 3 is 1.48 bits per heavy atom. The summed E-state index contributed by atoms with van der Waals surface area (Å²) >= 11 is 0. The standard InChI is InChI=1S/C27H24N2O2/c1-30-26-16-12-24(13-17-26)29(25-14-18-27(31-2)19-15-25)23-10-8-21(9-11-23)20-28-22-6-4-3-5-7-22/h3-20H,1-2H3. The highest BCUT2D eigenvalue weighted by Gasteiger charge is 2.12. The summed E-state index contributed by atoms with van der Waals surface area (Å²) in [7, 11) is 3.35. The minimum Gasteiger partial charge on any atom is -0.497 e. The molecule has 0 amide bonds. The zero-order valence-electron chi connectivity index (χ0n) is 17.6. The number of hydrogen-bond acceptors (Lipinski definition) is 4. The molecule has 0 heterocycles. The Morgan fingerprint density at radius 1 is 0.581 bits per heavy atom. The number of benzene rings is 4. The van der Waals surface area contributed by atoms with E-state index >= 15 is 0 Å². The molecule has 154 valence electrons. The largest absolute Gasteiger partial charge is 0.497 e. The molecule has 0 saturated heterocycles. The molecule has 0 aliphatic rings. The summed E-state index contributed by atoms with van der Waals surface area (Å²) in [5, 5.41) is 0.